The second-order valence-electron chi connectivity index (χ2n) is 25.3. The predicted octanol–water partition coefficient (Wildman–Crippen LogP) is 23.7. The zero-order valence-corrected chi connectivity index (χ0v) is 54.3. The maximum absolute atomic E-state index is 12.5. The minimum atomic E-state index is -0.841. The molecular formula is C74H143NO5. The van der Waals surface area contributed by atoms with Gasteiger partial charge in [0.1, 0.15) is 0 Å². The fourth-order valence-electron chi connectivity index (χ4n) is 11.6. The van der Waals surface area contributed by atoms with Crippen molar-refractivity contribution in [2.45, 2.75) is 424 Å². The smallest absolute Gasteiger partial charge is 0.305 e. The van der Waals surface area contributed by atoms with Crippen LogP contribution in [-0.4, -0.2) is 47.4 Å². The summed E-state index contributed by atoms with van der Waals surface area (Å²) >= 11 is 0. The van der Waals surface area contributed by atoms with E-state index < -0.39 is 12.1 Å². The molecule has 0 aliphatic rings. The Morgan fingerprint density at radius 2 is 0.588 bits per heavy atom. The number of aliphatic hydroxyl groups excluding tert-OH is 2. The van der Waals surface area contributed by atoms with Crippen LogP contribution < -0.4 is 5.32 Å². The SMILES string of the molecule is CCCCCCC/C=C\CCCCCCCC(=O)OCCCCCCCCCCCCCCCCCCCCCCCCCCCCCCCCCCCC(=O)NC(CO)C(O)/C=C/CCCCCCCCCCCCCCCC. The number of carbonyl (C=O) groups excluding carboxylic acids is 2. The number of ether oxygens (including phenoxy) is 1. The second-order valence-corrected chi connectivity index (χ2v) is 25.3. The average molecular weight is 1130 g/mol. The van der Waals surface area contributed by atoms with Gasteiger partial charge in [0.25, 0.3) is 0 Å². The molecule has 6 heteroatoms. The van der Waals surface area contributed by atoms with Crippen LogP contribution in [0.1, 0.15) is 412 Å². The normalized spacial score (nSPS) is 12.6. The van der Waals surface area contributed by atoms with Crippen LogP contribution in [0, 0.1) is 0 Å². The van der Waals surface area contributed by atoms with Crippen LogP contribution in [0.5, 0.6) is 0 Å². The molecule has 1 amide bonds. The number of rotatable bonds is 69. The van der Waals surface area contributed by atoms with E-state index in [4.69, 9.17) is 4.74 Å². The Balaban J connectivity index is 3.33. The number of carbonyl (C=O) groups is 2. The van der Waals surface area contributed by atoms with Gasteiger partial charge in [-0.25, -0.2) is 0 Å². The largest absolute Gasteiger partial charge is 0.466 e. The van der Waals surface area contributed by atoms with Crippen molar-refractivity contribution in [3.8, 4) is 0 Å². The lowest BCUT2D eigenvalue weighted by Crippen LogP contribution is -2.45. The molecular weight excluding hydrogens is 983 g/mol. The van der Waals surface area contributed by atoms with Crippen molar-refractivity contribution < 1.29 is 24.5 Å². The van der Waals surface area contributed by atoms with Gasteiger partial charge in [0.2, 0.25) is 5.91 Å². The first-order valence-electron chi connectivity index (χ1n) is 36.6. The van der Waals surface area contributed by atoms with E-state index in [0.29, 0.717) is 19.4 Å². The van der Waals surface area contributed by atoms with E-state index in [1.165, 1.54) is 340 Å². The summed E-state index contributed by atoms with van der Waals surface area (Å²) in [5.74, 6) is -0.0466. The Morgan fingerprint density at radius 1 is 0.338 bits per heavy atom. The van der Waals surface area contributed by atoms with E-state index in [0.717, 1.165) is 44.9 Å². The minimum absolute atomic E-state index is 0.0135. The molecule has 0 heterocycles. The molecule has 2 atom stereocenters. The number of esters is 1. The lowest BCUT2D eigenvalue weighted by Gasteiger charge is -2.20. The van der Waals surface area contributed by atoms with Crippen LogP contribution in [0.4, 0.5) is 0 Å². The number of aliphatic hydroxyl groups is 2. The van der Waals surface area contributed by atoms with Crippen molar-refractivity contribution in [3.63, 3.8) is 0 Å². The summed E-state index contributed by atoms with van der Waals surface area (Å²) in [7, 11) is 0. The Morgan fingerprint density at radius 3 is 0.887 bits per heavy atom. The van der Waals surface area contributed by atoms with Gasteiger partial charge >= 0.3 is 5.97 Å². The van der Waals surface area contributed by atoms with E-state index in [1.807, 2.05) is 6.08 Å². The average Bonchev–Trinajstić information content (AvgIpc) is 3.46. The van der Waals surface area contributed by atoms with Gasteiger partial charge in [-0.15, -0.1) is 0 Å². The summed E-state index contributed by atoms with van der Waals surface area (Å²) in [5, 5.41) is 23.2. The van der Waals surface area contributed by atoms with Crippen molar-refractivity contribution in [1.29, 1.82) is 0 Å². The van der Waals surface area contributed by atoms with Crippen LogP contribution in [0.2, 0.25) is 0 Å². The summed E-state index contributed by atoms with van der Waals surface area (Å²) < 4.78 is 5.49. The molecule has 0 fully saturated rings. The van der Waals surface area contributed by atoms with Crippen molar-refractivity contribution >= 4 is 11.9 Å². The van der Waals surface area contributed by atoms with Gasteiger partial charge in [-0.3, -0.25) is 9.59 Å². The zero-order chi connectivity index (χ0) is 57.8. The van der Waals surface area contributed by atoms with Gasteiger partial charge in [-0.1, -0.05) is 366 Å². The van der Waals surface area contributed by atoms with Crippen LogP contribution in [0.3, 0.4) is 0 Å². The van der Waals surface area contributed by atoms with Crippen molar-refractivity contribution in [2.24, 2.45) is 0 Å². The fourth-order valence-corrected chi connectivity index (χ4v) is 11.6. The maximum atomic E-state index is 12.5. The molecule has 0 aromatic heterocycles. The standard InChI is InChI=1S/C74H143NO5/c1-3-5-7-9-11-13-15-17-19-39-42-46-50-54-58-62-66-72(77)71(70-76)75-73(78)67-63-59-55-51-47-43-40-37-35-33-31-29-27-25-23-21-20-22-24-26-28-30-32-34-36-38-41-45-49-53-57-61-65-69-80-74(79)68-64-60-56-52-48-44-18-16-14-12-10-8-6-4-2/h16,18,62,66,71-72,76-77H,3-15,17,19-61,63-65,67-70H2,1-2H3,(H,75,78)/b18-16-,66-62+. The number of hydrogen-bond acceptors (Lipinski definition) is 5. The quantitative estimate of drug-likeness (QED) is 0.0320. The summed E-state index contributed by atoms with van der Waals surface area (Å²) in [5.41, 5.74) is 0. The summed E-state index contributed by atoms with van der Waals surface area (Å²) in [6, 6.07) is -0.624. The van der Waals surface area contributed by atoms with Crippen molar-refractivity contribution in [1.82, 2.24) is 5.32 Å². The molecule has 0 saturated carbocycles. The maximum Gasteiger partial charge on any atom is 0.305 e. The third-order valence-electron chi connectivity index (χ3n) is 17.2. The van der Waals surface area contributed by atoms with E-state index in [-0.39, 0.29) is 18.5 Å². The van der Waals surface area contributed by atoms with E-state index in [9.17, 15) is 19.8 Å². The second kappa shape index (κ2) is 69.8. The van der Waals surface area contributed by atoms with Crippen LogP contribution in [0.15, 0.2) is 24.3 Å². The van der Waals surface area contributed by atoms with Crippen molar-refractivity contribution in [3.05, 3.63) is 24.3 Å². The van der Waals surface area contributed by atoms with E-state index in [2.05, 4.69) is 31.3 Å². The van der Waals surface area contributed by atoms with Crippen LogP contribution >= 0.6 is 0 Å². The molecule has 0 aliphatic carbocycles. The summed E-state index contributed by atoms with van der Waals surface area (Å²) in [6.45, 7) is 4.93. The summed E-state index contributed by atoms with van der Waals surface area (Å²) in [4.78, 5) is 24.6. The van der Waals surface area contributed by atoms with Crippen molar-refractivity contribution in [2.75, 3.05) is 13.2 Å². The Kier molecular flexibility index (Phi) is 68.4. The molecule has 0 aromatic carbocycles. The Bertz CT molecular complexity index is 1250. The molecule has 0 saturated heterocycles. The molecule has 0 aromatic rings. The molecule has 0 bridgehead atoms. The third kappa shape index (κ3) is 65.5. The summed E-state index contributed by atoms with van der Waals surface area (Å²) in [6.07, 6.45) is 88.5. The first-order valence-corrected chi connectivity index (χ1v) is 36.6. The Labute approximate surface area is 501 Å². The number of hydrogen-bond donors (Lipinski definition) is 3. The number of allylic oxidation sites excluding steroid dienone is 3. The Hall–Kier alpha value is -1.66. The molecule has 80 heavy (non-hydrogen) atoms. The van der Waals surface area contributed by atoms with Crippen LogP contribution in [0.25, 0.3) is 0 Å². The third-order valence-corrected chi connectivity index (χ3v) is 17.2. The minimum Gasteiger partial charge on any atom is -0.466 e. The lowest BCUT2D eigenvalue weighted by molar-refractivity contribution is -0.143. The van der Waals surface area contributed by atoms with Gasteiger partial charge < -0.3 is 20.3 Å². The molecule has 0 rings (SSSR count). The molecule has 2 unspecified atom stereocenters. The van der Waals surface area contributed by atoms with E-state index >= 15 is 0 Å². The van der Waals surface area contributed by atoms with Gasteiger partial charge in [0.05, 0.1) is 25.4 Å². The van der Waals surface area contributed by atoms with Gasteiger partial charge in [-0.2, -0.15) is 0 Å². The number of nitrogens with one attached hydrogen (secondary N) is 1. The number of unbranched alkanes of at least 4 members (excludes halogenated alkanes) is 56. The number of amides is 1. The van der Waals surface area contributed by atoms with Gasteiger partial charge in [0, 0.05) is 12.8 Å². The zero-order valence-electron chi connectivity index (χ0n) is 54.3. The highest BCUT2D eigenvalue weighted by molar-refractivity contribution is 5.76. The topological polar surface area (TPSA) is 95.9 Å². The molecule has 3 N–H and O–H groups in total. The molecule has 0 aliphatic heterocycles. The highest BCUT2D eigenvalue weighted by Gasteiger charge is 2.18. The molecule has 0 spiro atoms. The predicted molar refractivity (Wildman–Crippen MR) is 352 cm³/mol. The van der Waals surface area contributed by atoms with Gasteiger partial charge in [0.15, 0.2) is 0 Å². The highest BCUT2D eigenvalue weighted by Crippen LogP contribution is 2.19. The monoisotopic (exact) mass is 1130 g/mol. The first-order chi connectivity index (χ1) is 39.5. The molecule has 474 valence electrons. The first kappa shape index (κ1) is 78.3. The van der Waals surface area contributed by atoms with Crippen LogP contribution in [-0.2, 0) is 14.3 Å². The molecule has 0 radical (unpaired) electrons. The highest BCUT2D eigenvalue weighted by atomic mass is 16.5. The van der Waals surface area contributed by atoms with Gasteiger partial charge in [-0.05, 0) is 57.8 Å². The van der Waals surface area contributed by atoms with E-state index in [1.54, 1.807) is 6.08 Å². The lowest BCUT2D eigenvalue weighted by atomic mass is 10.0. The molecule has 6 nitrogen and oxygen atoms in total. The fraction of sp³-hybridized carbons (Fsp3) is 0.919.